The summed E-state index contributed by atoms with van der Waals surface area (Å²) in [6.07, 6.45) is -0.0871. The Kier molecular flexibility index (Phi) is 4.93. The molecule has 0 fully saturated rings. The van der Waals surface area contributed by atoms with Gasteiger partial charge in [0.05, 0.1) is 9.82 Å². The van der Waals surface area contributed by atoms with Crippen molar-refractivity contribution < 1.29 is 23.2 Å². The van der Waals surface area contributed by atoms with Gasteiger partial charge < -0.3 is 10.1 Å². The van der Waals surface area contributed by atoms with E-state index < -0.39 is 27.0 Å². The summed E-state index contributed by atoms with van der Waals surface area (Å²) >= 11 is 0. The topological polar surface area (TPSA) is 142 Å². The summed E-state index contributed by atoms with van der Waals surface area (Å²) < 4.78 is 27.0. The van der Waals surface area contributed by atoms with Gasteiger partial charge in [0.15, 0.2) is 0 Å². The van der Waals surface area contributed by atoms with Gasteiger partial charge in [-0.05, 0) is 29.7 Å². The van der Waals surface area contributed by atoms with E-state index in [1.54, 1.807) is 6.07 Å². The molecular weight excluding hydrogens is 374 g/mol. The fourth-order valence-electron chi connectivity index (χ4n) is 2.65. The maximum absolute atomic E-state index is 12.4. The molecule has 0 saturated carbocycles. The van der Waals surface area contributed by atoms with E-state index in [1.165, 1.54) is 0 Å². The summed E-state index contributed by atoms with van der Waals surface area (Å²) in [4.78, 5) is 24.4. The molecule has 0 aliphatic heterocycles. The number of para-hydroxylation sites is 1. The predicted octanol–water partition coefficient (Wildman–Crippen LogP) is 2.05. The first-order chi connectivity index (χ1) is 12.8. The number of hydrogen-bond acceptors (Lipinski definition) is 5. The van der Waals surface area contributed by atoms with Gasteiger partial charge in [-0.2, -0.15) is 4.72 Å². The summed E-state index contributed by atoms with van der Waals surface area (Å²) in [5.74, 6) is -1.33. The van der Waals surface area contributed by atoms with Crippen LogP contribution in [0.15, 0.2) is 59.5 Å². The van der Waals surface area contributed by atoms with E-state index in [0.29, 0.717) is 5.69 Å². The average molecular weight is 389 g/mol. The number of hydrogen-bond donors (Lipinski definition) is 3. The Bertz CT molecular complexity index is 1070. The normalized spacial score (nSPS) is 12.7. The molecule has 0 spiro atoms. The van der Waals surface area contributed by atoms with E-state index in [0.717, 1.165) is 35.2 Å². The number of nitro benzene ring substituents is 1. The van der Waals surface area contributed by atoms with Crippen LogP contribution >= 0.6 is 0 Å². The lowest BCUT2D eigenvalue weighted by molar-refractivity contribution is -0.384. The molecule has 0 saturated heterocycles. The van der Waals surface area contributed by atoms with Crippen LogP contribution in [0.25, 0.3) is 10.9 Å². The number of nitro groups is 1. The van der Waals surface area contributed by atoms with Crippen molar-refractivity contribution in [1.29, 1.82) is 0 Å². The molecule has 3 N–H and O–H groups in total. The molecule has 10 heteroatoms. The molecule has 3 aromatic rings. The third-order valence-corrected chi connectivity index (χ3v) is 5.45. The summed E-state index contributed by atoms with van der Waals surface area (Å²) in [7, 11) is -4.16. The highest BCUT2D eigenvalue weighted by Crippen LogP contribution is 2.18. The van der Waals surface area contributed by atoms with E-state index >= 15 is 0 Å². The van der Waals surface area contributed by atoms with Gasteiger partial charge in [0, 0.05) is 29.8 Å². The first-order valence-corrected chi connectivity index (χ1v) is 9.31. The second-order valence-corrected chi connectivity index (χ2v) is 7.56. The highest BCUT2D eigenvalue weighted by molar-refractivity contribution is 7.89. The molecule has 0 radical (unpaired) electrons. The third-order valence-electron chi connectivity index (χ3n) is 3.96. The van der Waals surface area contributed by atoms with Gasteiger partial charge in [-0.15, -0.1) is 0 Å². The zero-order valence-electron chi connectivity index (χ0n) is 13.8. The van der Waals surface area contributed by atoms with Crippen molar-refractivity contribution in [2.75, 3.05) is 0 Å². The molecule has 9 nitrogen and oxygen atoms in total. The average Bonchev–Trinajstić information content (AvgIpc) is 3.03. The van der Waals surface area contributed by atoms with Crippen LogP contribution in [0.4, 0.5) is 5.69 Å². The van der Waals surface area contributed by atoms with Gasteiger partial charge in [0.1, 0.15) is 6.04 Å². The third kappa shape index (κ3) is 4.13. The summed E-state index contributed by atoms with van der Waals surface area (Å²) in [6.45, 7) is 0. The number of aromatic amines is 1. The molecular formula is C17H15N3O6S. The molecule has 0 aliphatic carbocycles. The summed E-state index contributed by atoms with van der Waals surface area (Å²) in [5.41, 5.74) is 1.12. The van der Waals surface area contributed by atoms with Crippen LogP contribution in [-0.2, 0) is 21.2 Å². The SMILES string of the molecule is O=C(O)[C@@H](Cc1cc2ccccc2[nH]1)NS(=O)(=O)c1ccc([N+](=O)[O-])cc1. The smallest absolute Gasteiger partial charge is 0.322 e. The molecule has 27 heavy (non-hydrogen) atoms. The predicted molar refractivity (Wildman–Crippen MR) is 96.8 cm³/mol. The van der Waals surface area contributed by atoms with Crippen molar-refractivity contribution in [3.05, 3.63) is 70.4 Å². The lowest BCUT2D eigenvalue weighted by Gasteiger charge is -2.14. The van der Waals surface area contributed by atoms with Gasteiger partial charge in [0.25, 0.3) is 5.69 Å². The summed E-state index contributed by atoms with van der Waals surface area (Å²) in [6, 6.07) is 11.9. The van der Waals surface area contributed by atoms with E-state index in [9.17, 15) is 28.4 Å². The Morgan fingerprint density at radius 1 is 1.19 bits per heavy atom. The quantitative estimate of drug-likeness (QED) is 0.417. The molecule has 2 aromatic carbocycles. The Morgan fingerprint density at radius 2 is 1.85 bits per heavy atom. The van der Waals surface area contributed by atoms with Gasteiger partial charge in [0.2, 0.25) is 10.0 Å². The van der Waals surface area contributed by atoms with Crippen LogP contribution < -0.4 is 4.72 Å². The zero-order chi connectivity index (χ0) is 19.6. The van der Waals surface area contributed by atoms with Gasteiger partial charge in [-0.25, -0.2) is 8.42 Å². The number of fused-ring (bicyclic) bond motifs is 1. The number of aliphatic carboxylic acids is 1. The summed E-state index contributed by atoms with van der Waals surface area (Å²) in [5, 5.41) is 21.0. The van der Waals surface area contributed by atoms with Crippen LogP contribution in [0.3, 0.4) is 0 Å². The number of rotatable bonds is 7. The highest BCUT2D eigenvalue weighted by Gasteiger charge is 2.26. The van der Waals surface area contributed by atoms with Crippen LogP contribution in [0, 0.1) is 10.1 Å². The first kappa shape index (κ1) is 18.5. The fraction of sp³-hybridized carbons (Fsp3) is 0.118. The van der Waals surface area contributed by atoms with E-state index in [4.69, 9.17) is 0 Å². The van der Waals surface area contributed by atoms with Crippen molar-refractivity contribution in [3.63, 3.8) is 0 Å². The second kappa shape index (κ2) is 7.17. The monoisotopic (exact) mass is 389 g/mol. The van der Waals surface area contributed by atoms with Crippen LogP contribution in [-0.4, -0.2) is 35.4 Å². The number of aromatic nitrogens is 1. The lowest BCUT2D eigenvalue weighted by Crippen LogP contribution is -2.42. The van der Waals surface area contributed by atoms with E-state index in [-0.39, 0.29) is 17.0 Å². The lowest BCUT2D eigenvalue weighted by atomic mass is 10.1. The van der Waals surface area contributed by atoms with Crippen molar-refractivity contribution in [2.45, 2.75) is 17.4 Å². The zero-order valence-corrected chi connectivity index (χ0v) is 14.6. The minimum absolute atomic E-state index is 0.0871. The molecule has 3 rings (SSSR count). The Balaban J connectivity index is 1.82. The minimum atomic E-state index is -4.16. The van der Waals surface area contributed by atoms with Gasteiger partial charge in [-0.3, -0.25) is 14.9 Å². The van der Waals surface area contributed by atoms with Crippen LogP contribution in [0.1, 0.15) is 5.69 Å². The number of H-pyrrole nitrogens is 1. The molecule has 140 valence electrons. The van der Waals surface area contributed by atoms with Gasteiger partial charge in [-0.1, -0.05) is 18.2 Å². The first-order valence-electron chi connectivity index (χ1n) is 7.82. The number of nitrogens with one attached hydrogen (secondary N) is 2. The fourth-order valence-corrected chi connectivity index (χ4v) is 3.83. The van der Waals surface area contributed by atoms with Crippen molar-refractivity contribution >= 4 is 32.6 Å². The highest BCUT2D eigenvalue weighted by atomic mass is 32.2. The number of sulfonamides is 1. The van der Waals surface area contributed by atoms with E-state index in [2.05, 4.69) is 9.71 Å². The van der Waals surface area contributed by atoms with Crippen molar-refractivity contribution in [3.8, 4) is 0 Å². The molecule has 0 unspecified atom stereocenters. The largest absolute Gasteiger partial charge is 0.480 e. The number of carboxylic acid groups (broad SMARTS) is 1. The number of benzene rings is 2. The maximum atomic E-state index is 12.4. The van der Waals surface area contributed by atoms with Crippen molar-refractivity contribution in [1.82, 2.24) is 9.71 Å². The molecule has 0 aliphatic rings. The molecule has 1 heterocycles. The van der Waals surface area contributed by atoms with Crippen molar-refractivity contribution in [2.24, 2.45) is 0 Å². The Labute approximate surface area is 153 Å². The Hall–Kier alpha value is -3.24. The number of nitrogens with zero attached hydrogens (tertiary/aromatic N) is 1. The number of carbonyl (C=O) groups is 1. The second-order valence-electron chi connectivity index (χ2n) is 5.85. The number of carboxylic acids is 1. The Morgan fingerprint density at radius 3 is 2.44 bits per heavy atom. The molecule has 1 atom stereocenters. The van der Waals surface area contributed by atoms with E-state index in [1.807, 2.05) is 24.3 Å². The van der Waals surface area contributed by atoms with Crippen LogP contribution in [0.2, 0.25) is 0 Å². The van der Waals surface area contributed by atoms with Crippen LogP contribution in [0.5, 0.6) is 0 Å². The maximum Gasteiger partial charge on any atom is 0.322 e. The van der Waals surface area contributed by atoms with Gasteiger partial charge >= 0.3 is 5.97 Å². The standard InChI is InChI=1S/C17H15N3O6S/c21-17(22)16(10-12-9-11-3-1-2-4-15(11)18-12)19-27(25,26)14-7-5-13(6-8-14)20(23)24/h1-9,16,18-19H,10H2,(H,21,22)/t16-/m1/s1. The molecule has 1 aromatic heterocycles. The minimum Gasteiger partial charge on any atom is -0.480 e. The molecule has 0 amide bonds. The number of non-ortho nitro benzene ring substituents is 1. The molecule has 0 bridgehead atoms.